The molecule has 0 spiro atoms. The van der Waals surface area contributed by atoms with Gasteiger partial charge in [-0.15, -0.1) is 130 Å². The summed E-state index contributed by atoms with van der Waals surface area (Å²) < 4.78 is 61.5. The van der Waals surface area contributed by atoms with Crippen molar-refractivity contribution in [1.29, 1.82) is 0 Å². The van der Waals surface area contributed by atoms with Crippen molar-refractivity contribution in [2.75, 3.05) is 14.2 Å². The van der Waals surface area contributed by atoms with Gasteiger partial charge in [-0.25, -0.2) is 8.42 Å². The molecule has 0 unspecified atom stereocenters. The zero-order chi connectivity index (χ0) is 57.8. The van der Waals surface area contributed by atoms with E-state index in [0.29, 0.717) is 0 Å². The van der Waals surface area contributed by atoms with Crippen LogP contribution < -0.4 is 0 Å². The van der Waals surface area contributed by atoms with Gasteiger partial charge in [-0.3, -0.25) is 4.98 Å². The van der Waals surface area contributed by atoms with Gasteiger partial charge in [0, 0.05) is 108 Å². The smallest absolute Gasteiger partial charge is 0.485 e. The van der Waals surface area contributed by atoms with Crippen molar-refractivity contribution in [3.63, 3.8) is 0 Å². The maximum atomic E-state index is 10.7. The van der Waals surface area contributed by atoms with Crippen LogP contribution in [0.2, 0.25) is 0 Å². The number of rotatable bonds is 4. The Kier molecular flexibility index (Phi) is 30.8. The standard InChI is InChI=1S/C18H19NS.C18H18NS.2C12H10N.CHF3O3S.2CH4O.CH4.2Ir/c2*1-12-11-15-16(20-12)9-10-19-17(15)13-5-7-14(8-6-13)18(2,3)4;2*1-10-6-5-9-12(13-10)11-7-3-2-4-8-11;2-1(3,4)8(5,6)7;2*1-2;;;/h5-11H,1-4H3;5,7-11H,1-4H3;2*2-7,9H,1H3;(H,5,6,7);2*2H,1H3;1H4;;/q;3*-1;;;;;;/p-1. The van der Waals surface area contributed by atoms with E-state index in [4.69, 9.17) is 23.2 Å². The Balaban J connectivity index is 0.000000508. The van der Waals surface area contributed by atoms with Gasteiger partial charge in [0.1, 0.15) is 0 Å². The topological polar surface area (TPSA) is 149 Å². The molecule has 6 aromatic heterocycles. The number of aliphatic hydroxyl groups excluding tert-OH is 2. The van der Waals surface area contributed by atoms with Crippen molar-refractivity contribution in [2.24, 2.45) is 0 Å². The van der Waals surface area contributed by atoms with Gasteiger partial charge in [0.15, 0.2) is 10.1 Å². The van der Waals surface area contributed by atoms with E-state index in [1.807, 2.05) is 134 Å². The average Bonchev–Trinajstić information content (AvgIpc) is 4.01. The zero-order valence-electron chi connectivity index (χ0n) is 46.5. The van der Waals surface area contributed by atoms with Gasteiger partial charge in [-0.1, -0.05) is 97.5 Å². The number of hydrogen-bond donors (Lipinski definition) is 2. The van der Waals surface area contributed by atoms with Crippen LogP contribution in [0.15, 0.2) is 164 Å². The third-order valence-electron chi connectivity index (χ3n) is 11.1. The van der Waals surface area contributed by atoms with Crippen LogP contribution in [0.5, 0.6) is 0 Å². The average molecular weight is 1510 g/mol. The van der Waals surface area contributed by atoms with Gasteiger partial charge in [0.05, 0.1) is 5.69 Å². The molecule has 0 bridgehead atoms. The van der Waals surface area contributed by atoms with Crippen LogP contribution in [-0.2, 0) is 61.2 Å². The number of hydrogen-bond acceptors (Lipinski definition) is 11. The van der Waals surface area contributed by atoms with Crippen LogP contribution in [0.1, 0.15) is 81.2 Å². The molecule has 10 aromatic rings. The summed E-state index contributed by atoms with van der Waals surface area (Å²) in [6.07, 6.45) is 3.80. The monoisotopic (exact) mass is 1510 g/mol. The first kappa shape index (κ1) is 73.3. The van der Waals surface area contributed by atoms with Crippen molar-refractivity contribution in [2.45, 2.75) is 93.0 Å². The fourth-order valence-electron chi connectivity index (χ4n) is 7.28. The third-order valence-corrected chi connectivity index (χ3v) is 13.7. The Morgan fingerprint density at radius 1 is 0.519 bits per heavy atom. The molecular weight excluding hydrogens is 1440 g/mol. The number of alkyl halides is 3. The second-order valence-corrected chi connectivity index (χ2v) is 23.2. The number of benzene rings is 4. The fraction of sp³-hybridized carbons (Fsp3) is 0.250. The van der Waals surface area contributed by atoms with Crippen LogP contribution in [0, 0.1) is 45.9 Å². The second-order valence-electron chi connectivity index (χ2n) is 19.2. The van der Waals surface area contributed by atoms with E-state index in [-0.39, 0.29) is 58.5 Å². The predicted molar refractivity (Wildman–Crippen MR) is 321 cm³/mol. The van der Waals surface area contributed by atoms with E-state index in [2.05, 4.69) is 160 Å². The number of pyridine rings is 4. The molecule has 0 atom stereocenters. The fourth-order valence-corrected chi connectivity index (χ4v) is 9.12. The molecule has 0 saturated carbocycles. The molecule has 0 saturated heterocycles. The molecule has 17 heteroatoms. The summed E-state index contributed by atoms with van der Waals surface area (Å²) >= 11 is 3.64. The van der Waals surface area contributed by atoms with Gasteiger partial charge < -0.3 is 29.7 Å². The summed E-state index contributed by atoms with van der Waals surface area (Å²) in [6, 6.07) is 61.3. The van der Waals surface area contributed by atoms with Gasteiger partial charge in [-0.2, -0.15) is 13.2 Å². The third kappa shape index (κ3) is 22.5. The molecule has 2 N–H and O–H groups in total. The molecule has 436 valence electrons. The Morgan fingerprint density at radius 2 is 0.926 bits per heavy atom. The van der Waals surface area contributed by atoms with E-state index in [0.717, 1.165) is 65.1 Å². The molecule has 0 aliphatic carbocycles. The van der Waals surface area contributed by atoms with E-state index < -0.39 is 15.6 Å². The second kappa shape index (κ2) is 34.1. The molecule has 81 heavy (non-hydrogen) atoms. The molecule has 9 nitrogen and oxygen atoms in total. The van der Waals surface area contributed by atoms with E-state index in [1.54, 1.807) is 0 Å². The van der Waals surface area contributed by atoms with Gasteiger partial charge in [-0.05, 0) is 103 Å². The number of aryl methyl sites for hydroxylation is 4. The van der Waals surface area contributed by atoms with Gasteiger partial charge in [0.2, 0.25) is 0 Å². The number of aliphatic hydroxyl groups is 2. The molecule has 0 aliphatic rings. The molecule has 10 rings (SSSR count). The predicted octanol–water partition coefficient (Wildman–Crippen LogP) is 16.6. The Labute approximate surface area is 512 Å². The summed E-state index contributed by atoms with van der Waals surface area (Å²) in [5.74, 6) is 0. The maximum absolute atomic E-state index is 10.7. The maximum Gasteiger partial charge on any atom is 0.485 e. The summed E-state index contributed by atoms with van der Waals surface area (Å²) in [5, 5.41) is 16.5. The van der Waals surface area contributed by atoms with E-state index >= 15 is 0 Å². The molecule has 0 amide bonds. The van der Waals surface area contributed by atoms with Gasteiger partial charge in [0.25, 0.3) is 0 Å². The quantitative estimate of drug-likeness (QED) is 0.0997. The minimum Gasteiger partial charge on any atom is -0.741 e. The molecule has 4 aromatic carbocycles. The summed E-state index contributed by atoms with van der Waals surface area (Å²) in [6.45, 7) is 21.7. The summed E-state index contributed by atoms with van der Waals surface area (Å²) in [5.41, 5.74) is 7.90. The van der Waals surface area contributed by atoms with Crippen LogP contribution in [0.3, 0.4) is 0 Å². The van der Waals surface area contributed by atoms with Crippen LogP contribution in [0.4, 0.5) is 13.2 Å². The Morgan fingerprint density at radius 3 is 1.28 bits per heavy atom. The van der Waals surface area contributed by atoms with Gasteiger partial charge >= 0.3 is 5.51 Å². The molecule has 0 fully saturated rings. The van der Waals surface area contributed by atoms with Crippen LogP contribution >= 0.6 is 22.7 Å². The first-order valence-electron chi connectivity index (χ1n) is 24.4. The van der Waals surface area contributed by atoms with Crippen molar-refractivity contribution in [1.82, 2.24) is 19.9 Å². The van der Waals surface area contributed by atoms with Crippen molar-refractivity contribution in [3.05, 3.63) is 215 Å². The molecule has 6 heterocycles. The number of halogens is 3. The van der Waals surface area contributed by atoms with Crippen molar-refractivity contribution < 1.29 is 76.6 Å². The number of thiophene rings is 2. The minimum atomic E-state index is -6.09. The minimum absolute atomic E-state index is 0. The largest absolute Gasteiger partial charge is 0.741 e. The van der Waals surface area contributed by atoms with Crippen LogP contribution in [0.25, 0.3) is 65.2 Å². The summed E-state index contributed by atoms with van der Waals surface area (Å²) in [4.78, 5) is 20.6. The zero-order valence-corrected chi connectivity index (χ0v) is 53.8. The van der Waals surface area contributed by atoms with E-state index in [9.17, 15) is 13.2 Å². The van der Waals surface area contributed by atoms with Crippen molar-refractivity contribution in [3.8, 4) is 45.0 Å². The number of fused-ring (bicyclic) bond motifs is 2. The summed E-state index contributed by atoms with van der Waals surface area (Å²) in [7, 11) is -4.09. The molecule has 0 aliphatic heterocycles. The number of nitrogens with zero attached hydrogens (tertiary/aromatic N) is 4. The first-order valence-corrected chi connectivity index (χ1v) is 27.5. The SMILES string of the molecule is C.CO.CO.Cc1cc2c(-c3[c-]cc(C(C)(C)C)cc3)nccc2s1.Cc1cc2c(-c3ccc(C(C)(C)C)cc3)nccc2s1.Cc1cccc(-c2[c-]cccc2)n1.Cc1cccc(-c2[c-]cccc2)n1.O=S(=O)([O-])C(F)(F)F.[Ir].[Ir]. The number of aromatic nitrogens is 4. The molecule has 2 radical (unpaired) electrons. The van der Waals surface area contributed by atoms with Crippen molar-refractivity contribution >= 4 is 53.0 Å². The van der Waals surface area contributed by atoms with Crippen LogP contribution in [-0.4, -0.2) is 62.8 Å². The Hall–Kier alpha value is -5.68. The normalized spacial score (nSPS) is 10.6. The van der Waals surface area contributed by atoms with E-state index in [1.165, 1.54) is 46.6 Å². The molecular formula is C64H69F3Ir2N4O5S3-4. The Bertz CT molecular complexity index is 3320. The first-order chi connectivity index (χ1) is 36.9.